The van der Waals surface area contributed by atoms with Gasteiger partial charge in [0.25, 0.3) is 5.91 Å². The molecule has 2 aliphatic heterocycles. The minimum atomic E-state index is -0.828. The molecule has 3 N–H and O–H groups in total. The van der Waals surface area contributed by atoms with Gasteiger partial charge >= 0.3 is 0 Å². The maximum absolute atomic E-state index is 12.7. The summed E-state index contributed by atoms with van der Waals surface area (Å²) in [5.74, 6) is 0.583. The van der Waals surface area contributed by atoms with Crippen LogP contribution in [-0.4, -0.2) is 95.6 Å². The first-order valence-corrected chi connectivity index (χ1v) is 9.27. The standard InChI is InChI=1S/C18H28N4O4/c23-13-16(24)12-20-17-2-1-14(11-19-17)18(25)22-5-3-15(4-6-22)21-7-9-26-10-8-21/h1-2,11,15-16,23-24H,3-10,12-13H2,(H,19,20)/t16-/m0/s1. The molecule has 8 heteroatoms. The van der Waals surface area contributed by atoms with Gasteiger partial charge in [0.05, 0.1) is 31.5 Å². The van der Waals surface area contributed by atoms with Crippen LogP contribution in [0.1, 0.15) is 23.2 Å². The highest BCUT2D eigenvalue weighted by molar-refractivity contribution is 5.94. The Morgan fingerprint density at radius 3 is 2.62 bits per heavy atom. The van der Waals surface area contributed by atoms with E-state index in [0.717, 1.165) is 52.2 Å². The molecule has 2 aliphatic rings. The maximum Gasteiger partial charge on any atom is 0.255 e. The molecular weight excluding hydrogens is 336 g/mol. The summed E-state index contributed by atoms with van der Waals surface area (Å²) < 4.78 is 5.41. The second-order valence-electron chi connectivity index (χ2n) is 6.82. The van der Waals surface area contributed by atoms with Gasteiger partial charge in [-0.3, -0.25) is 9.69 Å². The Kier molecular flexibility index (Phi) is 6.79. The molecule has 3 heterocycles. The van der Waals surface area contributed by atoms with Gasteiger partial charge in [-0.25, -0.2) is 4.98 Å². The molecule has 0 aliphatic carbocycles. The second kappa shape index (κ2) is 9.27. The van der Waals surface area contributed by atoms with Crippen molar-refractivity contribution in [2.75, 3.05) is 57.9 Å². The van der Waals surface area contributed by atoms with Crippen molar-refractivity contribution in [1.29, 1.82) is 0 Å². The van der Waals surface area contributed by atoms with Gasteiger partial charge in [0, 0.05) is 45.0 Å². The van der Waals surface area contributed by atoms with Crippen molar-refractivity contribution in [3.8, 4) is 0 Å². The van der Waals surface area contributed by atoms with E-state index in [0.29, 0.717) is 17.4 Å². The Morgan fingerprint density at radius 1 is 1.27 bits per heavy atom. The van der Waals surface area contributed by atoms with Crippen molar-refractivity contribution in [3.05, 3.63) is 23.9 Å². The highest BCUT2D eigenvalue weighted by Gasteiger charge is 2.28. The molecule has 1 amide bonds. The Hall–Kier alpha value is -1.74. The largest absolute Gasteiger partial charge is 0.394 e. The first kappa shape index (κ1) is 19.0. The lowest BCUT2D eigenvalue weighted by Crippen LogP contribution is -2.50. The summed E-state index contributed by atoms with van der Waals surface area (Å²) >= 11 is 0. The molecule has 8 nitrogen and oxygen atoms in total. The van der Waals surface area contributed by atoms with E-state index in [-0.39, 0.29) is 19.1 Å². The van der Waals surface area contributed by atoms with Gasteiger partial charge in [-0.1, -0.05) is 0 Å². The Morgan fingerprint density at radius 2 is 2.00 bits per heavy atom. The Bertz CT molecular complexity index is 569. The van der Waals surface area contributed by atoms with Crippen molar-refractivity contribution < 1.29 is 19.7 Å². The molecule has 3 rings (SSSR count). The number of amides is 1. The molecule has 1 atom stereocenters. The number of ether oxygens (including phenoxy) is 1. The van der Waals surface area contributed by atoms with E-state index < -0.39 is 6.10 Å². The molecule has 144 valence electrons. The second-order valence-corrected chi connectivity index (χ2v) is 6.82. The van der Waals surface area contributed by atoms with Gasteiger partial charge in [-0.2, -0.15) is 0 Å². The fourth-order valence-electron chi connectivity index (χ4n) is 3.47. The highest BCUT2D eigenvalue weighted by Crippen LogP contribution is 2.19. The van der Waals surface area contributed by atoms with Crippen LogP contribution in [0.15, 0.2) is 18.3 Å². The highest BCUT2D eigenvalue weighted by atomic mass is 16.5. The number of aliphatic hydroxyl groups excluding tert-OH is 2. The first-order valence-electron chi connectivity index (χ1n) is 9.27. The predicted octanol–water partition coefficient (Wildman–Crippen LogP) is -0.216. The smallest absolute Gasteiger partial charge is 0.255 e. The fourth-order valence-corrected chi connectivity index (χ4v) is 3.47. The number of nitrogens with one attached hydrogen (secondary N) is 1. The molecule has 1 aromatic heterocycles. The topological polar surface area (TPSA) is 98.2 Å². The zero-order valence-electron chi connectivity index (χ0n) is 15.0. The summed E-state index contributed by atoms with van der Waals surface area (Å²) in [4.78, 5) is 21.3. The first-order chi connectivity index (χ1) is 12.7. The van der Waals surface area contributed by atoms with Gasteiger partial charge in [-0.15, -0.1) is 0 Å². The van der Waals surface area contributed by atoms with Gasteiger partial charge in [0.2, 0.25) is 0 Å². The van der Waals surface area contributed by atoms with Gasteiger partial charge in [0.15, 0.2) is 0 Å². The molecule has 1 aromatic rings. The molecule has 2 saturated heterocycles. The quantitative estimate of drug-likeness (QED) is 0.642. The number of aliphatic hydroxyl groups is 2. The average molecular weight is 364 g/mol. The van der Waals surface area contributed by atoms with Crippen LogP contribution in [0.25, 0.3) is 0 Å². The number of hydrogen-bond donors (Lipinski definition) is 3. The van der Waals surface area contributed by atoms with E-state index in [9.17, 15) is 9.90 Å². The zero-order chi connectivity index (χ0) is 18.4. The van der Waals surface area contributed by atoms with E-state index in [2.05, 4.69) is 15.2 Å². The van der Waals surface area contributed by atoms with Gasteiger partial charge < -0.3 is 25.2 Å². The number of anilines is 1. The summed E-state index contributed by atoms with van der Waals surface area (Å²) in [5, 5.41) is 21.1. The minimum absolute atomic E-state index is 0.0138. The predicted molar refractivity (Wildman–Crippen MR) is 97.1 cm³/mol. The number of pyridine rings is 1. The van der Waals surface area contributed by atoms with E-state index in [1.54, 1.807) is 18.3 Å². The van der Waals surface area contributed by atoms with Crippen LogP contribution < -0.4 is 5.32 Å². The van der Waals surface area contributed by atoms with E-state index in [4.69, 9.17) is 9.84 Å². The lowest BCUT2D eigenvalue weighted by atomic mass is 10.0. The number of nitrogens with zero attached hydrogens (tertiary/aromatic N) is 3. The number of carbonyl (C=O) groups is 1. The lowest BCUT2D eigenvalue weighted by Gasteiger charge is -2.40. The summed E-state index contributed by atoms with van der Waals surface area (Å²) in [5.41, 5.74) is 0.572. The Labute approximate surface area is 153 Å². The third kappa shape index (κ3) is 4.91. The zero-order valence-corrected chi connectivity index (χ0v) is 15.0. The molecule has 0 aromatic carbocycles. The van der Waals surface area contributed by atoms with Crippen LogP contribution in [-0.2, 0) is 4.74 Å². The number of piperidine rings is 1. The molecule has 0 saturated carbocycles. The maximum atomic E-state index is 12.7. The van der Waals surface area contributed by atoms with Crippen molar-refractivity contribution in [1.82, 2.24) is 14.8 Å². The summed E-state index contributed by atoms with van der Waals surface area (Å²) in [7, 11) is 0. The number of morpholine rings is 1. The van der Waals surface area contributed by atoms with Crippen molar-refractivity contribution in [2.45, 2.75) is 25.0 Å². The number of likely N-dealkylation sites (tertiary alicyclic amines) is 1. The van der Waals surface area contributed by atoms with Crippen LogP contribution in [0.5, 0.6) is 0 Å². The number of carbonyl (C=O) groups excluding carboxylic acids is 1. The normalized spacial score (nSPS) is 20.8. The van der Waals surface area contributed by atoms with Crippen LogP contribution >= 0.6 is 0 Å². The van der Waals surface area contributed by atoms with Crippen LogP contribution in [0.3, 0.4) is 0 Å². The van der Waals surface area contributed by atoms with Crippen molar-refractivity contribution in [2.24, 2.45) is 0 Å². The monoisotopic (exact) mass is 364 g/mol. The SMILES string of the molecule is O=C(c1ccc(NC[C@H](O)CO)nc1)N1CCC(N2CCOCC2)CC1. The summed E-state index contributed by atoms with van der Waals surface area (Å²) in [6.07, 6.45) is 2.73. The lowest BCUT2D eigenvalue weighted by molar-refractivity contribution is 0.00158. The molecule has 0 radical (unpaired) electrons. The third-order valence-corrected chi connectivity index (χ3v) is 5.05. The number of rotatable bonds is 6. The summed E-state index contributed by atoms with van der Waals surface area (Å²) in [6.45, 7) is 5.04. The van der Waals surface area contributed by atoms with Crippen molar-refractivity contribution in [3.63, 3.8) is 0 Å². The minimum Gasteiger partial charge on any atom is -0.394 e. The molecule has 26 heavy (non-hydrogen) atoms. The van der Waals surface area contributed by atoms with Crippen LogP contribution in [0, 0.1) is 0 Å². The van der Waals surface area contributed by atoms with Gasteiger partial charge in [0.1, 0.15) is 5.82 Å². The van der Waals surface area contributed by atoms with Crippen LogP contribution in [0.2, 0.25) is 0 Å². The average Bonchev–Trinajstić information content (AvgIpc) is 2.72. The van der Waals surface area contributed by atoms with Gasteiger partial charge in [-0.05, 0) is 25.0 Å². The fraction of sp³-hybridized carbons (Fsp3) is 0.667. The number of hydrogen-bond acceptors (Lipinski definition) is 7. The van der Waals surface area contributed by atoms with Crippen molar-refractivity contribution >= 4 is 11.7 Å². The molecular formula is C18H28N4O4. The van der Waals surface area contributed by atoms with E-state index in [1.165, 1.54) is 0 Å². The summed E-state index contributed by atoms with van der Waals surface area (Å²) in [6, 6.07) is 4.01. The van der Waals surface area contributed by atoms with E-state index >= 15 is 0 Å². The molecule has 0 spiro atoms. The van der Waals surface area contributed by atoms with E-state index in [1.807, 2.05) is 4.90 Å². The third-order valence-electron chi connectivity index (χ3n) is 5.05. The van der Waals surface area contributed by atoms with Crippen LogP contribution in [0.4, 0.5) is 5.82 Å². The molecule has 0 bridgehead atoms. The Balaban J connectivity index is 1.48. The molecule has 2 fully saturated rings. The molecule has 0 unspecified atom stereocenters. The number of aromatic nitrogens is 1.